The molecular formula is C17H24N2O. The van der Waals surface area contributed by atoms with Gasteiger partial charge in [0.15, 0.2) is 0 Å². The first-order valence-electron chi connectivity index (χ1n) is 7.40. The summed E-state index contributed by atoms with van der Waals surface area (Å²) >= 11 is 0. The van der Waals surface area contributed by atoms with Crippen LogP contribution in [-0.4, -0.2) is 26.5 Å². The first kappa shape index (κ1) is 14.6. The molecule has 1 aromatic carbocycles. The quantitative estimate of drug-likeness (QED) is 0.833. The topological polar surface area (TPSA) is 32.3 Å². The van der Waals surface area contributed by atoms with E-state index in [-0.39, 0.29) is 5.91 Å². The van der Waals surface area contributed by atoms with E-state index >= 15 is 0 Å². The van der Waals surface area contributed by atoms with Gasteiger partial charge < -0.3 is 10.2 Å². The Morgan fingerprint density at radius 2 is 2.15 bits per heavy atom. The lowest BCUT2D eigenvalue weighted by molar-refractivity contribution is 0.0954. The lowest BCUT2D eigenvalue weighted by Crippen LogP contribution is -2.25. The number of hydrogen-bond acceptors (Lipinski definition) is 2. The second-order valence-corrected chi connectivity index (χ2v) is 5.56. The number of amides is 1. The molecule has 0 bridgehead atoms. The van der Waals surface area contributed by atoms with Crippen LogP contribution in [0.2, 0.25) is 0 Å². The predicted octanol–water partition coefficient (Wildman–Crippen LogP) is 3.37. The maximum atomic E-state index is 12.1. The molecular weight excluding hydrogens is 248 g/mol. The molecule has 3 heteroatoms. The van der Waals surface area contributed by atoms with Gasteiger partial charge in [0.05, 0.1) is 0 Å². The zero-order valence-electron chi connectivity index (χ0n) is 12.5. The summed E-state index contributed by atoms with van der Waals surface area (Å²) in [7, 11) is 3.96. The van der Waals surface area contributed by atoms with E-state index in [2.05, 4.69) is 11.4 Å². The summed E-state index contributed by atoms with van der Waals surface area (Å²) in [5.41, 5.74) is 3.28. The maximum absolute atomic E-state index is 12.1. The van der Waals surface area contributed by atoms with Crippen LogP contribution in [0.25, 0.3) is 0 Å². The van der Waals surface area contributed by atoms with Gasteiger partial charge in [-0.2, -0.15) is 0 Å². The Labute approximate surface area is 121 Å². The molecule has 2 rings (SSSR count). The van der Waals surface area contributed by atoms with E-state index in [0.29, 0.717) is 0 Å². The van der Waals surface area contributed by atoms with Crippen molar-refractivity contribution < 1.29 is 4.79 Å². The minimum Gasteiger partial charge on any atom is -0.378 e. The standard InChI is InChI=1S/C17H24N2O/c1-19(2)16-10-6-9-15(13-16)17(20)18-12-11-14-7-4-3-5-8-14/h6-7,9-10,13H,3-5,8,11-12H2,1-2H3,(H,18,20). The van der Waals surface area contributed by atoms with Crippen LogP contribution in [0.1, 0.15) is 42.5 Å². The van der Waals surface area contributed by atoms with Gasteiger partial charge in [0, 0.05) is 31.9 Å². The van der Waals surface area contributed by atoms with Crippen molar-refractivity contribution in [2.24, 2.45) is 0 Å². The molecule has 1 amide bonds. The highest BCUT2D eigenvalue weighted by Gasteiger charge is 2.08. The van der Waals surface area contributed by atoms with E-state index in [9.17, 15) is 4.79 Å². The summed E-state index contributed by atoms with van der Waals surface area (Å²) < 4.78 is 0. The van der Waals surface area contributed by atoms with Crippen molar-refractivity contribution in [2.75, 3.05) is 25.5 Å². The van der Waals surface area contributed by atoms with Gasteiger partial charge >= 0.3 is 0 Å². The van der Waals surface area contributed by atoms with Crippen LogP contribution < -0.4 is 10.2 Å². The number of anilines is 1. The van der Waals surface area contributed by atoms with E-state index in [1.807, 2.05) is 43.3 Å². The smallest absolute Gasteiger partial charge is 0.251 e. The van der Waals surface area contributed by atoms with Gasteiger partial charge in [0.1, 0.15) is 0 Å². The van der Waals surface area contributed by atoms with Gasteiger partial charge in [-0.1, -0.05) is 17.7 Å². The van der Waals surface area contributed by atoms with E-state index in [1.54, 1.807) is 0 Å². The molecule has 1 aromatic rings. The van der Waals surface area contributed by atoms with Crippen LogP contribution in [-0.2, 0) is 0 Å². The first-order valence-corrected chi connectivity index (χ1v) is 7.40. The molecule has 0 saturated carbocycles. The highest BCUT2D eigenvalue weighted by atomic mass is 16.1. The number of carbonyl (C=O) groups excluding carboxylic acids is 1. The Morgan fingerprint density at radius 3 is 2.85 bits per heavy atom. The number of nitrogens with zero attached hydrogens (tertiary/aromatic N) is 1. The molecule has 0 aromatic heterocycles. The van der Waals surface area contributed by atoms with Crippen molar-refractivity contribution in [1.82, 2.24) is 5.32 Å². The third kappa shape index (κ3) is 4.12. The van der Waals surface area contributed by atoms with Crippen molar-refractivity contribution in [3.8, 4) is 0 Å². The van der Waals surface area contributed by atoms with Crippen molar-refractivity contribution >= 4 is 11.6 Å². The van der Waals surface area contributed by atoms with Gasteiger partial charge in [-0.05, 0) is 50.3 Å². The largest absolute Gasteiger partial charge is 0.378 e. The monoisotopic (exact) mass is 272 g/mol. The molecule has 0 unspecified atom stereocenters. The molecule has 0 aliphatic heterocycles. The molecule has 20 heavy (non-hydrogen) atoms. The number of benzene rings is 1. The van der Waals surface area contributed by atoms with Crippen LogP contribution in [0.4, 0.5) is 5.69 Å². The van der Waals surface area contributed by atoms with Gasteiger partial charge in [-0.3, -0.25) is 4.79 Å². The first-order chi connectivity index (χ1) is 9.66. The minimum atomic E-state index is 0.0186. The highest BCUT2D eigenvalue weighted by Crippen LogP contribution is 2.19. The summed E-state index contributed by atoms with van der Waals surface area (Å²) in [4.78, 5) is 14.1. The lowest BCUT2D eigenvalue weighted by atomic mass is 9.97. The van der Waals surface area contributed by atoms with Crippen LogP contribution >= 0.6 is 0 Å². The molecule has 0 radical (unpaired) electrons. The zero-order valence-corrected chi connectivity index (χ0v) is 12.5. The molecule has 3 nitrogen and oxygen atoms in total. The third-order valence-electron chi connectivity index (χ3n) is 3.74. The molecule has 1 aliphatic carbocycles. The fourth-order valence-electron chi connectivity index (χ4n) is 2.50. The lowest BCUT2D eigenvalue weighted by Gasteiger charge is -2.14. The SMILES string of the molecule is CN(C)c1cccc(C(=O)NCCC2=CCCCC2)c1. The molecule has 0 fully saturated rings. The Balaban J connectivity index is 1.85. The number of rotatable bonds is 5. The normalized spacial score (nSPS) is 14.6. The van der Waals surface area contributed by atoms with Crippen molar-refractivity contribution in [2.45, 2.75) is 32.1 Å². The summed E-state index contributed by atoms with van der Waals surface area (Å²) in [5, 5.41) is 3.01. The van der Waals surface area contributed by atoms with Crippen molar-refractivity contribution in [3.05, 3.63) is 41.5 Å². The van der Waals surface area contributed by atoms with E-state index in [0.717, 1.165) is 24.2 Å². The zero-order chi connectivity index (χ0) is 14.4. The summed E-state index contributed by atoms with van der Waals surface area (Å²) in [6, 6.07) is 7.72. The maximum Gasteiger partial charge on any atom is 0.251 e. The molecule has 0 spiro atoms. The summed E-state index contributed by atoms with van der Waals surface area (Å²) in [6.45, 7) is 0.733. The fraction of sp³-hybridized carbons (Fsp3) is 0.471. The number of hydrogen-bond donors (Lipinski definition) is 1. The Bertz CT molecular complexity index is 492. The van der Waals surface area contributed by atoms with Gasteiger partial charge in [-0.25, -0.2) is 0 Å². The second kappa shape index (κ2) is 7.13. The van der Waals surface area contributed by atoms with Gasteiger partial charge in [0.25, 0.3) is 5.91 Å². The summed E-state index contributed by atoms with van der Waals surface area (Å²) in [6.07, 6.45) is 8.33. The Hall–Kier alpha value is -1.77. The van der Waals surface area contributed by atoms with Crippen molar-refractivity contribution in [1.29, 1.82) is 0 Å². The molecule has 108 valence electrons. The third-order valence-corrected chi connectivity index (χ3v) is 3.74. The average molecular weight is 272 g/mol. The van der Waals surface area contributed by atoms with Crippen LogP contribution in [0.5, 0.6) is 0 Å². The Kier molecular flexibility index (Phi) is 5.22. The highest BCUT2D eigenvalue weighted by molar-refractivity contribution is 5.95. The Morgan fingerprint density at radius 1 is 1.30 bits per heavy atom. The van der Waals surface area contributed by atoms with Crippen molar-refractivity contribution in [3.63, 3.8) is 0 Å². The number of carbonyl (C=O) groups is 1. The molecule has 0 saturated heterocycles. The molecule has 0 heterocycles. The van der Waals surface area contributed by atoms with E-state index in [4.69, 9.17) is 0 Å². The molecule has 1 aliphatic rings. The predicted molar refractivity (Wildman–Crippen MR) is 84.3 cm³/mol. The fourth-order valence-corrected chi connectivity index (χ4v) is 2.50. The number of allylic oxidation sites excluding steroid dienone is 1. The van der Waals surface area contributed by atoms with E-state index in [1.165, 1.54) is 31.3 Å². The molecule has 1 N–H and O–H groups in total. The minimum absolute atomic E-state index is 0.0186. The van der Waals surface area contributed by atoms with Crippen LogP contribution in [0, 0.1) is 0 Å². The summed E-state index contributed by atoms with van der Waals surface area (Å²) in [5.74, 6) is 0.0186. The van der Waals surface area contributed by atoms with Gasteiger partial charge in [-0.15, -0.1) is 0 Å². The second-order valence-electron chi connectivity index (χ2n) is 5.56. The van der Waals surface area contributed by atoms with Gasteiger partial charge in [0.2, 0.25) is 0 Å². The molecule has 0 atom stereocenters. The van der Waals surface area contributed by atoms with Crippen LogP contribution in [0.3, 0.4) is 0 Å². The van der Waals surface area contributed by atoms with Crippen LogP contribution in [0.15, 0.2) is 35.9 Å². The number of nitrogens with one attached hydrogen (secondary N) is 1. The van der Waals surface area contributed by atoms with E-state index < -0.39 is 0 Å². The average Bonchev–Trinajstić information content (AvgIpc) is 2.48.